The SMILES string of the molecule is CCCNC(=O)[C@H](C)N1C[C@@H](C)C[C@H](C)C1. The largest absolute Gasteiger partial charge is 0.355 e. The fourth-order valence-electron chi connectivity index (χ4n) is 2.59. The average molecular weight is 226 g/mol. The van der Waals surface area contributed by atoms with Crippen molar-refractivity contribution in [1.82, 2.24) is 10.2 Å². The molecule has 0 spiro atoms. The zero-order valence-corrected chi connectivity index (χ0v) is 11.1. The van der Waals surface area contributed by atoms with Crippen LogP contribution in [0, 0.1) is 11.8 Å². The molecule has 1 aliphatic heterocycles. The molecule has 1 rings (SSSR count). The quantitative estimate of drug-likeness (QED) is 0.794. The molecule has 16 heavy (non-hydrogen) atoms. The van der Waals surface area contributed by atoms with Gasteiger partial charge in [-0.15, -0.1) is 0 Å². The van der Waals surface area contributed by atoms with Crippen LogP contribution in [0.5, 0.6) is 0 Å². The van der Waals surface area contributed by atoms with Gasteiger partial charge >= 0.3 is 0 Å². The van der Waals surface area contributed by atoms with Gasteiger partial charge in [0.2, 0.25) is 5.91 Å². The van der Waals surface area contributed by atoms with Gasteiger partial charge in [-0.05, 0) is 31.6 Å². The number of nitrogens with zero attached hydrogens (tertiary/aromatic N) is 1. The van der Waals surface area contributed by atoms with Gasteiger partial charge in [0.05, 0.1) is 6.04 Å². The first-order valence-electron chi connectivity index (χ1n) is 6.56. The Hall–Kier alpha value is -0.570. The normalized spacial score (nSPS) is 28.8. The van der Waals surface area contributed by atoms with E-state index >= 15 is 0 Å². The summed E-state index contributed by atoms with van der Waals surface area (Å²) < 4.78 is 0. The average Bonchev–Trinajstić information content (AvgIpc) is 2.23. The molecule has 0 aliphatic carbocycles. The van der Waals surface area contributed by atoms with Crippen LogP contribution in [-0.2, 0) is 4.79 Å². The van der Waals surface area contributed by atoms with Crippen molar-refractivity contribution in [3.8, 4) is 0 Å². The number of carbonyl (C=O) groups excluding carboxylic acids is 1. The lowest BCUT2D eigenvalue weighted by atomic mass is 9.91. The van der Waals surface area contributed by atoms with Gasteiger partial charge in [0.1, 0.15) is 0 Å². The molecule has 1 aliphatic rings. The standard InChI is InChI=1S/C13H26N2O/c1-5-6-14-13(16)12(4)15-8-10(2)7-11(3)9-15/h10-12H,5-9H2,1-4H3,(H,14,16)/t10-,11-,12-/m0/s1. The molecule has 0 aromatic rings. The highest BCUT2D eigenvalue weighted by Gasteiger charge is 2.28. The molecule has 0 unspecified atom stereocenters. The fraction of sp³-hybridized carbons (Fsp3) is 0.923. The Bertz CT molecular complexity index is 220. The maximum absolute atomic E-state index is 11.9. The predicted molar refractivity (Wildman–Crippen MR) is 67.3 cm³/mol. The van der Waals surface area contributed by atoms with Crippen LogP contribution in [0.2, 0.25) is 0 Å². The van der Waals surface area contributed by atoms with Gasteiger partial charge in [0, 0.05) is 19.6 Å². The molecule has 3 atom stereocenters. The van der Waals surface area contributed by atoms with Crippen molar-refractivity contribution < 1.29 is 4.79 Å². The maximum Gasteiger partial charge on any atom is 0.237 e. The monoisotopic (exact) mass is 226 g/mol. The van der Waals surface area contributed by atoms with E-state index in [0.29, 0.717) is 11.8 Å². The number of amides is 1. The van der Waals surface area contributed by atoms with E-state index in [0.717, 1.165) is 26.1 Å². The van der Waals surface area contributed by atoms with E-state index in [9.17, 15) is 4.79 Å². The number of nitrogens with one attached hydrogen (secondary N) is 1. The van der Waals surface area contributed by atoms with Gasteiger partial charge in [-0.3, -0.25) is 9.69 Å². The van der Waals surface area contributed by atoms with Gasteiger partial charge in [0.15, 0.2) is 0 Å². The van der Waals surface area contributed by atoms with Gasteiger partial charge in [-0.25, -0.2) is 0 Å². The summed E-state index contributed by atoms with van der Waals surface area (Å²) in [6.07, 6.45) is 2.30. The minimum atomic E-state index is 0.0248. The van der Waals surface area contributed by atoms with Gasteiger partial charge in [-0.1, -0.05) is 20.8 Å². The molecule has 1 fully saturated rings. The highest BCUT2D eigenvalue weighted by atomic mass is 16.2. The number of piperidine rings is 1. The Morgan fingerprint density at radius 3 is 2.44 bits per heavy atom. The smallest absolute Gasteiger partial charge is 0.237 e. The molecule has 0 bridgehead atoms. The van der Waals surface area contributed by atoms with Crippen molar-refractivity contribution in [2.24, 2.45) is 11.8 Å². The zero-order chi connectivity index (χ0) is 12.1. The van der Waals surface area contributed by atoms with Crippen molar-refractivity contribution in [2.75, 3.05) is 19.6 Å². The lowest BCUT2D eigenvalue weighted by molar-refractivity contribution is -0.126. The summed E-state index contributed by atoms with van der Waals surface area (Å²) in [7, 11) is 0. The first-order valence-corrected chi connectivity index (χ1v) is 6.56. The second-order valence-corrected chi connectivity index (χ2v) is 5.37. The van der Waals surface area contributed by atoms with Crippen LogP contribution in [-0.4, -0.2) is 36.5 Å². The summed E-state index contributed by atoms with van der Waals surface area (Å²) in [4.78, 5) is 14.2. The van der Waals surface area contributed by atoms with E-state index in [1.165, 1.54) is 6.42 Å². The maximum atomic E-state index is 11.9. The third-order valence-electron chi connectivity index (χ3n) is 3.37. The lowest BCUT2D eigenvalue weighted by Crippen LogP contribution is -2.50. The van der Waals surface area contributed by atoms with E-state index in [4.69, 9.17) is 0 Å². The number of rotatable bonds is 4. The Morgan fingerprint density at radius 2 is 1.94 bits per heavy atom. The number of hydrogen-bond donors (Lipinski definition) is 1. The summed E-state index contributed by atoms with van der Waals surface area (Å²) in [6, 6.07) is 0.0248. The van der Waals surface area contributed by atoms with Crippen LogP contribution in [0.4, 0.5) is 0 Å². The van der Waals surface area contributed by atoms with Crippen LogP contribution in [0.1, 0.15) is 40.5 Å². The summed E-state index contributed by atoms with van der Waals surface area (Å²) in [6.45, 7) is 11.6. The lowest BCUT2D eigenvalue weighted by Gasteiger charge is -2.38. The van der Waals surface area contributed by atoms with E-state index in [-0.39, 0.29) is 11.9 Å². The molecule has 0 saturated carbocycles. The van der Waals surface area contributed by atoms with Gasteiger partial charge < -0.3 is 5.32 Å². The second kappa shape index (κ2) is 6.24. The Balaban J connectivity index is 2.45. The van der Waals surface area contributed by atoms with E-state index in [1.54, 1.807) is 0 Å². The Labute approximate surface area is 99.6 Å². The molecule has 0 radical (unpaired) electrons. The van der Waals surface area contributed by atoms with Crippen molar-refractivity contribution >= 4 is 5.91 Å². The zero-order valence-electron chi connectivity index (χ0n) is 11.1. The van der Waals surface area contributed by atoms with Gasteiger partial charge in [-0.2, -0.15) is 0 Å². The molecule has 3 nitrogen and oxygen atoms in total. The Morgan fingerprint density at radius 1 is 1.38 bits per heavy atom. The molecular weight excluding hydrogens is 200 g/mol. The summed E-state index contributed by atoms with van der Waals surface area (Å²) in [5.41, 5.74) is 0. The van der Waals surface area contributed by atoms with E-state index in [1.807, 2.05) is 6.92 Å². The van der Waals surface area contributed by atoms with Crippen molar-refractivity contribution in [1.29, 1.82) is 0 Å². The van der Waals surface area contributed by atoms with Crippen LogP contribution in [0.15, 0.2) is 0 Å². The highest BCUT2D eigenvalue weighted by Crippen LogP contribution is 2.22. The Kier molecular flexibility index (Phi) is 5.26. The van der Waals surface area contributed by atoms with Crippen LogP contribution in [0.25, 0.3) is 0 Å². The molecule has 0 aromatic heterocycles. The minimum Gasteiger partial charge on any atom is -0.355 e. The third-order valence-corrected chi connectivity index (χ3v) is 3.37. The topological polar surface area (TPSA) is 32.3 Å². The summed E-state index contributed by atoms with van der Waals surface area (Å²) >= 11 is 0. The van der Waals surface area contributed by atoms with Crippen LogP contribution < -0.4 is 5.32 Å². The van der Waals surface area contributed by atoms with Gasteiger partial charge in [0.25, 0.3) is 0 Å². The number of likely N-dealkylation sites (tertiary alicyclic amines) is 1. The molecule has 0 aromatic carbocycles. The molecule has 1 saturated heterocycles. The summed E-state index contributed by atoms with van der Waals surface area (Å²) in [5, 5.41) is 2.98. The molecule has 94 valence electrons. The summed E-state index contributed by atoms with van der Waals surface area (Å²) in [5.74, 6) is 1.61. The number of hydrogen-bond acceptors (Lipinski definition) is 2. The third kappa shape index (κ3) is 3.78. The molecular formula is C13H26N2O. The van der Waals surface area contributed by atoms with Crippen LogP contribution >= 0.6 is 0 Å². The van der Waals surface area contributed by atoms with Crippen molar-refractivity contribution in [3.05, 3.63) is 0 Å². The molecule has 1 N–H and O–H groups in total. The highest BCUT2D eigenvalue weighted by molar-refractivity contribution is 5.81. The van der Waals surface area contributed by atoms with E-state index < -0.39 is 0 Å². The molecule has 1 amide bonds. The fourth-order valence-corrected chi connectivity index (χ4v) is 2.59. The second-order valence-electron chi connectivity index (χ2n) is 5.37. The number of carbonyl (C=O) groups is 1. The predicted octanol–water partition coefficient (Wildman–Crippen LogP) is 1.88. The van der Waals surface area contributed by atoms with E-state index in [2.05, 4.69) is 31.0 Å². The minimum absolute atomic E-state index is 0.0248. The van der Waals surface area contributed by atoms with Crippen molar-refractivity contribution in [2.45, 2.75) is 46.6 Å². The first-order chi connectivity index (χ1) is 7.54. The first kappa shape index (κ1) is 13.5. The van der Waals surface area contributed by atoms with Crippen molar-refractivity contribution in [3.63, 3.8) is 0 Å². The molecule has 1 heterocycles. The van der Waals surface area contributed by atoms with Crippen LogP contribution in [0.3, 0.4) is 0 Å². The molecule has 3 heteroatoms.